The van der Waals surface area contributed by atoms with Gasteiger partial charge in [-0.2, -0.15) is 5.10 Å². The molecule has 0 saturated heterocycles. The lowest BCUT2D eigenvalue weighted by atomic mass is 10.2. The average molecular weight is 478 g/mol. The first-order valence-corrected chi connectivity index (χ1v) is 11.4. The lowest BCUT2D eigenvalue weighted by Crippen LogP contribution is -2.34. The zero-order chi connectivity index (χ0) is 23.9. The number of hydrogen-bond donors (Lipinski definition) is 1. The van der Waals surface area contributed by atoms with Gasteiger partial charge in [0.15, 0.2) is 11.5 Å². The molecule has 0 saturated carbocycles. The third-order valence-corrected chi connectivity index (χ3v) is 5.96. The zero-order valence-corrected chi connectivity index (χ0v) is 19.5. The Morgan fingerprint density at radius 3 is 2.59 bits per heavy atom. The molecule has 0 atom stereocenters. The number of rotatable bonds is 9. The highest BCUT2D eigenvalue weighted by molar-refractivity contribution is 7.13. The maximum absolute atomic E-state index is 12.4. The number of methoxy groups -OCH3 is 2. The van der Waals surface area contributed by atoms with Crippen molar-refractivity contribution in [1.82, 2.24) is 25.1 Å². The van der Waals surface area contributed by atoms with E-state index in [1.807, 2.05) is 23.6 Å². The van der Waals surface area contributed by atoms with Crippen molar-refractivity contribution in [2.45, 2.75) is 13.0 Å². The SMILES string of the molecule is COc1ccc(-c2nc(CCNC(=O)Cn3nc(-c4ccncc4)ccc3=O)cs2)cc1OC. The Bertz CT molecular complexity index is 1340. The molecular weight excluding hydrogens is 454 g/mol. The van der Waals surface area contributed by atoms with Crippen molar-refractivity contribution in [3.8, 4) is 33.3 Å². The quantitative estimate of drug-likeness (QED) is 0.395. The number of ether oxygens (including phenoxy) is 2. The number of carbonyl (C=O) groups excluding carboxylic acids is 1. The Labute approximate surface area is 200 Å². The van der Waals surface area contributed by atoms with Gasteiger partial charge in [0, 0.05) is 47.9 Å². The van der Waals surface area contributed by atoms with Crippen LogP contribution in [0.5, 0.6) is 11.5 Å². The number of nitrogens with one attached hydrogen (secondary N) is 1. The highest BCUT2D eigenvalue weighted by Crippen LogP contribution is 2.33. The number of aromatic nitrogens is 4. The molecule has 3 aromatic heterocycles. The first-order chi connectivity index (χ1) is 16.6. The standard InChI is InChI=1S/C24H23N5O4S/c1-32-20-5-3-17(13-21(20)33-2)24-27-18(15-34-24)9-12-26-22(30)14-29-23(31)6-4-19(28-29)16-7-10-25-11-8-16/h3-8,10-11,13,15H,9,12,14H2,1-2H3,(H,26,30). The molecule has 4 rings (SSSR count). The second kappa shape index (κ2) is 10.7. The van der Waals surface area contributed by atoms with Crippen LogP contribution >= 0.6 is 11.3 Å². The fourth-order valence-electron chi connectivity index (χ4n) is 3.28. The van der Waals surface area contributed by atoms with Crippen molar-refractivity contribution < 1.29 is 14.3 Å². The fraction of sp³-hybridized carbons (Fsp3) is 0.208. The Morgan fingerprint density at radius 1 is 1.03 bits per heavy atom. The van der Waals surface area contributed by atoms with E-state index in [1.165, 1.54) is 17.4 Å². The average Bonchev–Trinajstić information content (AvgIpc) is 3.34. The van der Waals surface area contributed by atoms with Gasteiger partial charge in [0.25, 0.3) is 5.56 Å². The van der Waals surface area contributed by atoms with Gasteiger partial charge in [0.2, 0.25) is 5.91 Å². The summed E-state index contributed by atoms with van der Waals surface area (Å²) in [6.07, 6.45) is 3.86. The van der Waals surface area contributed by atoms with E-state index >= 15 is 0 Å². The van der Waals surface area contributed by atoms with Crippen LogP contribution in [0.3, 0.4) is 0 Å². The third kappa shape index (κ3) is 5.46. The number of nitrogens with zero attached hydrogens (tertiary/aromatic N) is 4. The van der Waals surface area contributed by atoms with Crippen LogP contribution in [0.25, 0.3) is 21.8 Å². The highest BCUT2D eigenvalue weighted by Gasteiger charge is 2.11. The number of thiazole rings is 1. The topological polar surface area (TPSA) is 108 Å². The van der Waals surface area contributed by atoms with Crippen molar-refractivity contribution >= 4 is 17.2 Å². The Hall–Kier alpha value is -4.05. The summed E-state index contributed by atoms with van der Waals surface area (Å²) in [6.45, 7) is 0.235. The van der Waals surface area contributed by atoms with E-state index in [-0.39, 0.29) is 18.0 Å². The van der Waals surface area contributed by atoms with Gasteiger partial charge in [-0.3, -0.25) is 14.6 Å². The predicted molar refractivity (Wildman–Crippen MR) is 129 cm³/mol. The molecule has 1 aromatic carbocycles. The van der Waals surface area contributed by atoms with Gasteiger partial charge >= 0.3 is 0 Å². The van der Waals surface area contributed by atoms with E-state index in [0.29, 0.717) is 30.2 Å². The van der Waals surface area contributed by atoms with E-state index in [1.54, 1.807) is 44.8 Å². The summed E-state index contributed by atoms with van der Waals surface area (Å²) in [4.78, 5) is 33.2. The number of carbonyl (C=O) groups is 1. The van der Waals surface area contributed by atoms with Crippen LogP contribution in [0, 0.1) is 0 Å². The molecule has 0 aliphatic carbocycles. The van der Waals surface area contributed by atoms with Gasteiger partial charge in [-0.05, 0) is 36.4 Å². The monoisotopic (exact) mass is 477 g/mol. The molecule has 1 amide bonds. The number of amides is 1. The van der Waals surface area contributed by atoms with E-state index in [4.69, 9.17) is 9.47 Å². The van der Waals surface area contributed by atoms with Gasteiger partial charge in [-0.1, -0.05) is 0 Å². The molecule has 34 heavy (non-hydrogen) atoms. The minimum Gasteiger partial charge on any atom is -0.493 e. The molecule has 10 heteroatoms. The summed E-state index contributed by atoms with van der Waals surface area (Å²) >= 11 is 1.52. The Balaban J connectivity index is 1.34. The summed E-state index contributed by atoms with van der Waals surface area (Å²) in [5.74, 6) is 1.00. The van der Waals surface area contributed by atoms with Crippen molar-refractivity contribution in [3.05, 3.63) is 76.3 Å². The van der Waals surface area contributed by atoms with Crippen LogP contribution in [-0.2, 0) is 17.8 Å². The maximum atomic E-state index is 12.4. The fourth-order valence-corrected chi connectivity index (χ4v) is 4.14. The second-order valence-electron chi connectivity index (χ2n) is 7.26. The van der Waals surface area contributed by atoms with Crippen LogP contribution in [0.4, 0.5) is 0 Å². The molecule has 0 fully saturated rings. The van der Waals surface area contributed by atoms with E-state index in [0.717, 1.165) is 26.5 Å². The van der Waals surface area contributed by atoms with Gasteiger partial charge in [0.05, 0.1) is 25.6 Å². The summed E-state index contributed by atoms with van der Waals surface area (Å²) in [5.41, 5.74) is 2.87. The van der Waals surface area contributed by atoms with Gasteiger partial charge < -0.3 is 14.8 Å². The van der Waals surface area contributed by atoms with Crippen molar-refractivity contribution in [1.29, 1.82) is 0 Å². The maximum Gasteiger partial charge on any atom is 0.267 e. The van der Waals surface area contributed by atoms with Gasteiger partial charge in [-0.15, -0.1) is 11.3 Å². The molecule has 1 N–H and O–H groups in total. The minimum atomic E-state index is -0.341. The smallest absolute Gasteiger partial charge is 0.267 e. The first-order valence-electron chi connectivity index (χ1n) is 10.5. The minimum absolute atomic E-state index is 0.161. The third-order valence-electron chi connectivity index (χ3n) is 5.02. The lowest BCUT2D eigenvalue weighted by Gasteiger charge is -2.08. The summed E-state index contributed by atoms with van der Waals surface area (Å²) < 4.78 is 11.8. The van der Waals surface area contributed by atoms with Gasteiger partial charge in [0.1, 0.15) is 11.6 Å². The van der Waals surface area contributed by atoms with Crippen LogP contribution in [0.1, 0.15) is 5.69 Å². The molecule has 0 aliphatic heterocycles. The lowest BCUT2D eigenvalue weighted by molar-refractivity contribution is -0.121. The first kappa shape index (κ1) is 23.1. The molecule has 0 aliphatic rings. The van der Waals surface area contributed by atoms with E-state index < -0.39 is 0 Å². The Morgan fingerprint density at radius 2 is 1.82 bits per heavy atom. The number of pyridine rings is 1. The highest BCUT2D eigenvalue weighted by atomic mass is 32.1. The largest absolute Gasteiger partial charge is 0.493 e. The molecule has 0 bridgehead atoms. The van der Waals surface area contributed by atoms with Crippen molar-refractivity contribution in [3.63, 3.8) is 0 Å². The van der Waals surface area contributed by atoms with E-state index in [2.05, 4.69) is 20.4 Å². The van der Waals surface area contributed by atoms with Crippen LogP contribution < -0.4 is 20.3 Å². The second-order valence-corrected chi connectivity index (χ2v) is 8.12. The summed E-state index contributed by atoms with van der Waals surface area (Å²) in [5, 5.41) is 9.94. The summed E-state index contributed by atoms with van der Waals surface area (Å²) in [7, 11) is 3.19. The molecule has 174 valence electrons. The molecule has 4 aromatic rings. The van der Waals surface area contributed by atoms with Crippen LogP contribution in [0.15, 0.2) is 65.0 Å². The molecule has 0 radical (unpaired) electrons. The van der Waals surface area contributed by atoms with Crippen LogP contribution in [-0.4, -0.2) is 46.4 Å². The molecule has 9 nitrogen and oxygen atoms in total. The van der Waals surface area contributed by atoms with Crippen molar-refractivity contribution in [2.24, 2.45) is 0 Å². The summed E-state index contributed by atoms with van der Waals surface area (Å²) in [6, 6.07) is 12.3. The normalized spacial score (nSPS) is 10.6. The molecule has 0 spiro atoms. The molecule has 3 heterocycles. The van der Waals surface area contributed by atoms with Crippen LogP contribution in [0.2, 0.25) is 0 Å². The predicted octanol–water partition coefficient (Wildman–Crippen LogP) is 2.80. The molecule has 0 unspecified atom stereocenters. The molecular formula is C24H23N5O4S. The Kier molecular flexibility index (Phi) is 7.28. The van der Waals surface area contributed by atoms with E-state index in [9.17, 15) is 9.59 Å². The van der Waals surface area contributed by atoms with Crippen molar-refractivity contribution in [2.75, 3.05) is 20.8 Å². The number of benzene rings is 1. The van der Waals surface area contributed by atoms with Gasteiger partial charge in [-0.25, -0.2) is 9.67 Å². The number of hydrogen-bond acceptors (Lipinski definition) is 8. The zero-order valence-electron chi connectivity index (χ0n) is 18.7.